The van der Waals surface area contributed by atoms with Gasteiger partial charge in [-0.2, -0.15) is 0 Å². The van der Waals surface area contributed by atoms with Gasteiger partial charge >= 0.3 is 5.97 Å². The molecule has 1 N–H and O–H groups in total. The standard InChI is InChI=1S/C20H22ClNO4S/c1-12(2)26-20(24)18-15-5-3-4-6-16(15)27-19(18)22-17(23)11-25-14-9-7-13(21)8-10-14/h7-10,12H,3-6,11H2,1-2H3,(H,22,23). The van der Waals surface area contributed by atoms with Crippen LogP contribution < -0.4 is 10.1 Å². The molecule has 0 saturated carbocycles. The lowest BCUT2D eigenvalue weighted by Crippen LogP contribution is -2.22. The second-order valence-electron chi connectivity index (χ2n) is 6.66. The fraction of sp³-hybridized carbons (Fsp3) is 0.400. The Bertz CT molecular complexity index is 829. The van der Waals surface area contributed by atoms with Crippen molar-refractivity contribution in [2.75, 3.05) is 11.9 Å². The zero-order valence-electron chi connectivity index (χ0n) is 15.3. The smallest absolute Gasteiger partial charge is 0.341 e. The molecule has 1 aromatic carbocycles. The summed E-state index contributed by atoms with van der Waals surface area (Å²) in [7, 11) is 0. The van der Waals surface area contributed by atoms with E-state index in [9.17, 15) is 9.59 Å². The van der Waals surface area contributed by atoms with Crippen LogP contribution in [0, 0.1) is 0 Å². The lowest BCUT2D eigenvalue weighted by Gasteiger charge is -2.14. The van der Waals surface area contributed by atoms with Crippen molar-refractivity contribution in [3.8, 4) is 5.75 Å². The van der Waals surface area contributed by atoms with E-state index in [1.54, 1.807) is 24.3 Å². The van der Waals surface area contributed by atoms with Crippen molar-refractivity contribution in [1.29, 1.82) is 0 Å². The summed E-state index contributed by atoms with van der Waals surface area (Å²) in [6.07, 6.45) is 3.69. The maximum Gasteiger partial charge on any atom is 0.341 e. The number of rotatable bonds is 6. The topological polar surface area (TPSA) is 64.6 Å². The van der Waals surface area contributed by atoms with Gasteiger partial charge in [0.2, 0.25) is 0 Å². The molecule has 0 fully saturated rings. The molecule has 0 aliphatic heterocycles. The Morgan fingerprint density at radius 1 is 1.19 bits per heavy atom. The summed E-state index contributed by atoms with van der Waals surface area (Å²) in [5, 5.41) is 3.99. The highest BCUT2D eigenvalue weighted by molar-refractivity contribution is 7.17. The summed E-state index contributed by atoms with van der Waals surface area (Å²) in [6.45, 7) is 3.48. The summed E-state index contributed by atoms with van der Waals surface area (Å²) in [6, 6.07) is 6.79. The van der Waals surface area contributed by atoms with E-state index in [1.165, 1.54) is 11.3 Å². The average molecular weight is 408 g/mol. The number of fused-ring (bicyclic) bond motifs is 1. The Labute approximate surface area is 167 Å². The van der Waals surface area contributed by atoms with Crippen LogP contribution in [0.5, 0.6) is 5.75 Å². The molecule has 7 heteroatoms. The predicted molar refractivity (Wildman–Crippen MR) is 107 cm³/mol. The minimum absolute atomic E-state index is 0.150. The molecular weight excluding hydrogens is 386 g/mol. The fourth-order valence-electron chi connectivity index (χ4n) is 2.99. The van der Waals surface area contributed by atoms with E-state index in [2.05, 4.69) is 5.32 Å². The van der Waals surface area contributed by atoms with Crippen molar-refractivity contribution in [3.63, 3.8) is 0 Å². The average Bonchev–Trinajstić information content (AvgIpc) is 2.98. The number of halogens is 1. The predicted octanol–water partition coefficient (Wildman–Crippen LogP) is 4.86. The number of carbonyl (C=O) groups is 2. The van der Waals surface area contributed by atoms with Crippen molar-refractivity contribution in [3.05, 3.63) is 45.3 Å². The highest BCUT2D eigenvalue weighted by Gasteiger charge is 2.27. The summed E-state index contributed by atoms with van der Waals surface area (Å²) in [4.78, 5) is 26.1. The molecule has 0 spiro atoms. The quantitative estimate of drug-likeness (QED) is 0.694. The van der Waals surface area contributed by atoms with Crippen LogP contribution in [0.1, 0.15) is 47.5 Å². The van der Waals surface area contributed by atoms with Crippen molar-refractivity contribution in [2.45, 2.75) is 45.6 Å². The first-order chi connectivity index (χ1) is 12.9. The molecule has 3 rings (SSSR count). The molecule has 1 heterocycles. The number of hydrogen-bond donors (Lipinski definition) is 1. The van der Waals surface area contributed by atoms with E-state index in [0.717, 1.165) is 36.1 Å². The van der Waals surface area contributed by atoms with E-state index in [1.807, 2.05) is 13.8 Å². The molecule has 1 aliphatic carbocycles. The monoisotopic (exact) mass is 407 g/mol. The number of thiophene rings is 1. The SMILES string of the molecule is CC(C)OC(=O)c1c(NC(=O)COc2ccc(Cl)cc2)sc2c1CCCC2. The van der Waals surface area contributed by atoms with Crippen LogP contribution in [0.2, 0.25) is 5.02 Å². The van der Waals surface area contributed by atoms with Gasteiger partial charge < -0.3 is 14.8 Å². The molecule has 0 atom stereocenters. The maximum absolute atomic E-state index is 12.6. The maximum atomic E-state index is 12.6. The molecule has 2 aromatic rings. The minimum atomic E-state index is -0.377. The largest absolute Gasteiger partial charge is 0.484 e. The first kappa shape index (κ1) is 19.7. The van der Waals surface area contributed by atoms with Gasteiger partial charge in [0.25, 0.3) is 5.91 Å². The van der Waals surface area contributed by atoms with Gasteiger partial charge in [-0.1, -0.05) is 11.6 Å². The van der Waals surface area contributed by atoms with Gasteiger partial charge in [0.1, 0.15) is 10.8 Å². The second kappa shape index (κ2) is 8.76. The Morgan fingerprint density at radius 3 is 2.59 bits per heavy atom. The number of hydrogen-bond acceptors (Lipinski definition) is 5. The van der Waals surface area contributed by atoms with Crippen molar-refractivity contribution in [1.82, 2.24) is 0 Å². The highest BCUT2D eigenvalue weighted by Crippen LogP contribution is 2.38. The van der Waals surface area contributed by atoms with Gasteiger partial charge in [-0.05, 0) is 69.4 Å². The Morgan fingerprint density at radius 2 is 1.89 bits per heavy atom. The molecule has 0 unspecified atom stereocenters. The minimum Gasteiger partial charge on any atom is -0.484 e. The normalized spacial score (nSPS) is 13.2. The number of amides is 1. The van der Waals surface area contributed by atoms with Gasteiger partial charge in [0.05, 0.1) is 11.7 Å². The van der Waals surface area contributed by atoms with Gasteiger partial charge in [-0.25, -0.2) is 4.79 Å². The van der Waals surface area contributed by atoms with Gasteiger partial charge in [0.15, 0.2) is 6.61 Å². The third-order valence-electron chi connectivity index (χ3n) is 4.15. The molecule has 1 aromatic heterocycles. The van der Waals surface area contributed by atoms with Crippen LogP contribution in [-0.4, -0.2) is 24.6 Å². The Balaban J connectivity index is 1.73. The summed E-state index contributed by atoms with van der Waals surface area (Å²) >= 11 is 7.30. The number of ether oxygens (including phenoxy) is 2. The van der Waals surface area contributed by atoms with E-state index in [-0.39, 0.29) is 24.6 Å². The molecule has 1 aliphatic rings. The third kappa shape index (κ3) is 5.02. The molecular formula is C20H22ClNO4S. The van der Waals surface area contributed by atoms with Crippen LogP contribution in [0.15, 0.2) is 24.3 Å². The summed E-state index contributed by atoms with van der Waals surface area (Å²) in [5.41, 5.74) is 1.52. The number of esters is 1. The van der Waals surface area contributed by atoms with E-state index >= 15 is 0 Å². The van der Waals surface area contributed by atoms with Gasteiger partial charge in [-0.3, -0.25) is 4.79 Å². The van der Waals surface area contributed by atoms with Crippen LogP contribution in [0.4, 0.5) is 5.00 Å². The lowest BCUT2D eigenvalue weighted by molar-refractivity contribution is -0.118. The van der Waals surface area contributed by atoms with Gasteiger partial charge in [-0.15, -0.1) is 11.3 Å². The second-order valence-corrected chi connectivity index (χ2v) is 8.20. The Kier molecular flexibility index (Phi) is 6.39. The van der Waals surface area contributed by atoms with E-state index in [0.29, 0.717) is 21.3 Å². The molecule has 5 nitrogen and oxygen atoms in total. The van der Waals surface area contributed by atoms with Crippen LogP contribution >= 0.6 is 22.9 Å². The number of anilines is 1. The molecule has 0 radical (unpaired) electrons. The number of carbonyl (C=O) groups excluding carboxylic acids is 2. The Hall–Kier alpha value is -2.05. The van der Waals surface area contributed by atoms with Crippen molar-refractivity contribution >= 4 is 39.8 Å². The zero-order chi connectivity index (χ0) is 19.4. The van der Waals surface area contributed by atoms with E-state index in [4.69, 9.17) is 21.1 Å². The molecule has 0 saturated heterocycles. The lowest BCUT2D eigenvalue weighted by atomic mass is 9.95. The fourth-order valence-corrected chi connectivity index (χ4v) is 4.40. The molecule has 0 bridgehead atoms. The number of aryl methyl sites for hydroxylation is 1. The summed E-state index contributed by atoms with van der Waals surface area (Å²) < 4.78 is 10.9. The number of benzene rings is 1. The van der Waals surface area contributed by atoms with Crippen LogP contribution in [-0.2, 0) is 22.4 Å². The zero-order valence-corrected chi connectivity index (χ0v) is 16.9. The first-order valence-corrected chi connectivity index (χ1v) is 10.2. The van der Waals surface area contributed by atoms with Crippen LogP contribution in [0.3, 0.4) is 0 Å². The van der Waals surface area contributed by atoms with Gasteiger partial charge in [0, 0.05) is 9.90 Å². The number of nitrogens with one attached hydrogen (secondary N) is 1. The molecule has 144 valence electrons. The molecule has 1 amide bonds. The highest BCUT2D eigenvalue weighted by atomic mass is 35.5. The molecule has 27 heavy (non-hydrogen) atoms. The third-order valence-corrected chi connectivity index (χ3v) is 5.61. The summed E-state index contributed by atoms with van der Waals surface area (Å²) in [5.74, 6) is -0.139. The first-order valence-electron chi connectivity index (χ1n) is 8.97. The van der Waals surface area contributed by atoms with E-state index < -0.39 is 0 Å². The van der Waals surface area contributed by atoms with Crippen molar-refractivity contribution in [2.24, 2.45) is 0 Å². The van der Waals surface area contributed by atoms with Crippen molar-refractivity contribution < 1.29 is 19.1 Å². The van der Waals surface area contributed by atoms with Crippen LogP contribution in [0.25, 0.3) is 0 Å².